The minimum absolute atomic E-state index is 0. The van der Waals surface area contributed by atoms with Crippen molar-refractivity contribution in [2.75, 3.05) is 26.7 Å². The Labute approximate surface area is 219 Å². The Kier molecular flexibility index (Phi) is 7.22. The average molecular weight is 553 g/mol. The van der Waals surface area contributed by atoms with E-state index in [1.807, 2.05) is 18.5 Å². The van der Waals surface area contributed by atoms with E-state index in [1.165, 1.54) is 55.4 Å². The number of likely N-dealkylation sites (tertiary alicyclic amines) is 1. The van der Waals surface area contributed by atoms with Crippen LogP contribution in [0.2, 0.25) is 0 Å². The second-order valence-corrected chi connectivity index (χ2v) is 9.87. The Balaban J connectivity index is 0.00000253. The normalized spacial score (nSPS) is 14.4. The molecule has 5 aromatic rings. The highest BCUT2D eigenvalue weighted by Crippen LogP contribution is 2.37. The third-order valence-corrected chi connectivity index (χ3v) is 7.75. The number of H-pyrrole nitrogens is 1. The molecule has 0 spiro atoms. The third kappa shape index (κ3) is 4.75. The van der Waals surface area contributed by atoms with Crippen LogP contribution in [0.15, 0.2) is 54.3 Å². The van der Waals surface area contributed by atoms with E-state index in [-0.39, 0.29) is 17.0 Å². The van der Waals surface area contributed by atoms with Crippen molar-refractivity contribution in [1.82, 2.24) is 24.4 Å². The molecule has 5 heterocycles. The predicted octanol–water partition coefficient (Wildman–Crippen LogP) is 6.77. The molecule has 0 radical (unpaired) electrons. The topological polar surface area (TPSA) is 59.0 Å². The quantitative estimate of drug-likeness (QED) is 0.242. The first kappa shape index (κ1) is 24.0. The molecule has 1 fully saturated rings. The van der Waals surface area contributed by atoms with Crippen LogP contribution in [0.3, 0.4) is 0 Å². The predicted molar refractivity (Wildman–Crippen MR) is 150 cm³/mol. The molecule has 0 amide bonds. The number of thiazole rings is 1. The molecule has 6 rings (SSSR count). The van der Waals surface area contributed by atoms with E-state index in [2.05, 4.69) is 55.3 Å². The van der Waals surface area contributed by atoms with Gasteiger partial charge in [-0.1, -0.05) is 6.42 Å². The molecular weight excluding hydrogens is 522 g/mol. The van der Waals surface area contributed by atoms with Gasteiger partial charge < -0.3 is 19.2 Å². The number of benzene rings is 1. The van der Waals surface area contributed by atoms with E-state index in [0.29, 0.717) is 0 Å². The van der Waals surface area contributed by atoms with Gasteiger partial charge in [0.05, 0.1) is 12.8 Å². The Morgan fingerprint density at radius 3 is 2.80 bits per heavy atom. The number of methoxy groups -OCH3 is 1. The van der Waals surface area contributed by atoms with Crippen LogP contribution in [0.5, 0.6) is 5.75 Å². The number of nitrogens with zero attached hydrogens (tertiary/aromatic N) is 4. The van der Waals surface area contributed by atoms with Crippen LogP contribution in [-0.4, -0.2) is 51.2 Å². The fourth-order valence-corrected chi connectivity index (χ4v) is 5.94. The molecule has 0 atom stereocenters. The Hall–Kier alpha value is -2.68. The van der Waals surface area contributed by atoms with Gasteiger partial charge in [-0.05, 0) is 69.2 Å². The second kappa shape index (κ2) is 10.5. The van der Waals surface area contributed by atoms with Crippen molar-refractivity contribution < 1.29 is 4.74 Å². The molecule has 182 valence electrons. The first-order valence-corrected chi connectivity index (χ1v) is 13.0. The molecule has 1 saturated heterocycles. The van der Waals surface area contributed by atoms with Gasteiger partial charge in [-0.25, -0.2) is 9.97 Å². The Morgan fingerprint density at radius 2 is 1.94 bits per heavy atom. The molecule has 8 heteroatoms. The molecule has 0 aliphatic carbocycles. The molecule has 0 unspecified atom stereocenters. The smallest absolute Gasteiger partial charge is 0.137 e. The summed E-state index contributed by atoms with van der Waals surface area (Å²) in [6.45, 7) is 4.67. The molecular formula is C27H30BrN5OS. The largest absolute Gasteiger partial charge is 0.497 e. The van der Waals surface area contributed by atoms with Crippen molar-refractivity contribution >= 4 is 50.3 Å². The molecule has 1 aromatic carbocycles. The van der Waals surface area contributed by atoms with E-state index in [0.717, 1.165) is 46.0 Å². The summed E-state index contributed by atoms with van der Waals surface area (Å²) in [6.07, 6.45) is 11.3. The monoisotopic (exact) mass is 551 g/mol. The maximum absolute atomic E-state index is 5.55. The highest BCUT2D eigenvalue weighted by molar-refractivity contribution is 8.93. The maximum atomic E-state index is 5.55. The van der Waals surface area contributed by atoms with Gasteiger partial charge in [-0.2, -0.15) is 0 Å². The van der Waals surface area contributed by atoms with E-state index in [1.54, 1.807) is 18.4 Å². The van der Waals surface area contributed by atoms with Crippen molar-refractivity contribution in [3.63, 3.8) is 0 Å². The van der Waals surface area contributed by atoms with Crippen LogP contribution in [0.25, 0.3) is 43.8 Å². The molecule has 0 bridgehead atoms. The number of fused-ring (bicyclic) bond motifs is 2. The Morgan fingerprint density at radius 1 is 1.06 bits per heavy atom. The van der Waals surface area contributed by atoms with Crippen LogP contribution >= 0.6 is 28.3 Å². The van der Waals surface area contributed by atoms with Gasteiger partial charge in [0.2, 0.25) is 0 Å². The molecule has 4 aromatic heterocycles. The summed E-state index contributed by atoms with van der Waals surface area (Å²) < 4.78 is 7.94. The lowest BCUT2D eigenvalue weighted by molar-refractivity contribution is 0.223. The van der Waals surface area contributed by atoms with Gasteiger partial charge in [0.25, 0.3) is 0 Å². The fourth-order valence-electron chi connectivity index (χ4n) is 5.10. The first-order chi connectivity index (χ1) is 16.8. The summed E-state index contributed by atoms with van der Waals surface area (Å²) in [5, 5.41) is 5.46. The van der Waals surface area contributed by atoms with Gasteiger partial charge in [0.15, 0.2) is 0 Å². The standard InChI is InChI=1S/C27H29N5OS.BrH/c1-33-19-8-9-25-21(15-19)23(17-32(25)14-6-13-31-11-3-2-4-12-31)27-30-24(18-34-27)22-16-29-26-20(22)7-5-10-28-26;/h5,7-10,15-18H,2-4,6,11-14H2,1H3,(H,28,29);1H. The van der Waals surface area contributed by atoms with Gasteiger partial charge >= 0.3 is 0 Å². The van der Waals surface area contributed by atoms with Gasteiger partial charge in [0, 0.05) is 57.9 Å². The lowest BCUT2D eigenvalue weighted by Gasteiger charge is -2.26. The van der Waals surface area contributed by atoms with E-state index in [4.69, 9.17) is 9.72 Å². The van der Waals surface area contributed by atoms with Crippen LogP contribution in [0.4, 0.5) is 0 Å². The van der Waals surface area contributed by atoms with Crippen LogP contribution in [0, 0.1) is 0 Å². The number of pyridine rings is 1. The minimum Gasteiger partial charge on any atom is -0.497 e. The fraction of sp³-hybridized carbons (Fsp3) is 0.333. The summed E-state index contributed by atoms with van der Waals surface area (Å²) in [5.41, 5.74) is 5.37. The number of aryl methyl sites for hydroxylation is 1. The zero-order valence-corrected chi connectivity index (χ0v) is 22.4. The molecule has 1 aliphatic rings. The number of hydrogen-bond donors (Lipinski definition) is 1. The number of aromatic amines is 1. The zero-order chi connectivity index (χ0) is 22.9. The van der Waals surface area contributed by atoms with Crippen molar-refractivity contribution in [2.24, 2.45) is 0 Å². The van der Waals surface area contributed by atoms with E-state index < -0.39 is 0 Å². The minimum atomic E-state index is 0. The summed E-state index contributed by atoms with van der Waals surface area (Å²) in [6, 6.07) is 10.4. The van der Waals surface area contributed by atoms with Gasteiger partial charge in [-0.15, -0.1) is 28.3 Å². The second-order valence-electron chi connectivity index (χ2n) is 9.01. The number of nitrogens with one attached hydrogen (secondary N) is 1. The third-order valence-electron chi connectivity index (χ3n) is 6.87. The van der Waals surface area contributed by atoms with Crippen LogP contribution in [0.1, 0.15) is 25.7 Å². The lowest BCUT2D eigenvalue weighted by atomic mass is 10.1. The van der Waals surface area contributed by atoms with Crippen LogP contribution < -0.4 is 4.74 Å². The summed E-state index contributed by atoms with van der Waals surface area (Å²) >= 11 is 1.69. The van der Waals surface area contributed by atoms with Crippen molar-refractivity contribution in [2.45, 2.75) is 32.2 Å². The zero-order valence-electron chi connectivity index (χ0n) is 19.9. The molecule has 1 N–H and O–H groups in total. The van der Waals surface area contributed by atoms with Gasteiger partial charge in [0.1, 0.15) is 16.4 Å². The molecule has 1 aliphatic heterocycles. The highest BCUT2D eigenvalue weighted by Gasteiger charge is 2.17. The number of hydrogen-bond acceptors (Lipinski definition) is 5. The Bertz CT molecular complexity index is 1430. The number of piperidine rings is 1. The highest BCUT2D eigenvalue weighted by atomic mass is 79.9. The van der Waals surface area contributed by atoms with E-state index >= 15 is 0 Å². The number of aromatic nitrogens is 4. The van der Waals surface area contributed by atoms with Crippen molar-refractivity contribution in [1.29, 1.82) is 0 Å². The SMILES string of the molecule is Br.COc1ccc2c(c1)c(-c1nc(-c3c[nH]c4ncccc34)cs1)cn2CCCN1CCCCC1. The average Bonchev–Trinajstić information content (AvgIpc) is 3.61. The molecule has 35 heavy (non-hydrogen) atoms. The number of ether oxygens (including phenoxy) is 1. The molecule has 6 nitrogen and oxygen atoms in total. The maximum Gasteiger partial charge on any atom is 0.137 e. The lowest BCUT2D eigenvalue weighted by Crippen LogP contribution is -2.31. The number of halogens is 1. The van der Waals surface area contributed by atoms with Crippen molar-refractivity contribution in [3.8, 4) is 27.6 Å². The first-order valence-electron chi connectivity index (χ1n) is 12.1. The van der Waals surface area contributed by atoms with E-state index in [9.17, 15) is 0 Å². The van der Waals surface area contributed by atoms with Crippen molar-refractivity contribution in [3.05, 3.63) is 54.3 Å². The van der Waals surface area contributed by atoms with Gasteiger partial charge in [-0.3, -0.25) is 0 Å². The summed E-state index contributed by atoms with van der Waals surface area (Å²) in [4.78, 5) is 15.3. The number of rotatable bonds is 7. The molecule has 0 saturated carbocycles. The summed E-state index contributed by atoms with van der Waals surface area (Å²) in [7, 11) is 1.73. The van der Waals surface area contributed by atoms with Crippen LogP contribution in [-0.2, 0) is 6.54 Å². The summed E-state index contributed by atoms with van der Waals surface area (Å²) in [5.74, 6) is 0.874.